The highest BCUT2D eigenvalue weighted by atomic mass is 32.2. The minimum absolute atomic E-state index is 0.0112. The summed E-state index contributed by atoms with van der Waals surface area (Å²) in [5.41, 5.74) is -0.479. The van der Waals surface area contributed by atoms with Crippen LogP contribution in [0.3, 0.4) is 0 Å². The third kappa shape index (κ3) is 3.41. The van der Waals surface area contributed by atoms with Gasteiger partial charge in [-0.1, -0.05) is 0 Å². The molecule has 19 heavy (non-hydrogen) atoms. The van der Waals surface area contributed by atoms with Crippen LogP contribution in [0.5, 0.6) is 0 Å². The molecule has 1 aromatic rings. The zero-order valence-corrected chi connectivity index (χ0v) is 11.3. The summed E-state index contributed by atoms with van der Waals surface area (Å²) in [6.45, 7) is 0. The number of nitrogens with zero attached hydrogens (tertiary/aromatic N) is 2. The fraction of sp³-hybridized carbons (Fsp3) is 0.300. The van der Waals surface area contributed by atoms with E-state index in [9.17, 15) is 23.3 Å². The maximum Gasteiger partial charge on any atom is 0.338 e. The largest absolute Gasteiger partial charge is 0.465 e. The summed E-state index contributed by atoms with van der Waals surface area (Å²) in [6, 6.07) is 3.29. The Labute approximate surface area is 109 Å². The van der Waals surface area contributed by atoms with E-state index in [4.69, 9.17) is 0 Å². The molecule has 0 saturated carbocycles. The summed E-state index contributed by atoms with van der Waals surface area (Å²) in [4.78, 5) is 21.5. The first kappa shape index (κ1) is 14.9. The fourth-order valence-electron chi connectivity index (χ4n) is 1.31. The zero-order valence-electron chi connectivity index (χ0n) is 10.5. The number of methoxy groups -OCH3 is 1. The van der Waals surface area contributed by atoms with Crippen molar-refractivity contribution in [1.82, 2.24) is 0 Å². The third-order valence-corrected chi connectivity index (χ3v) is 3.60. The number of rotatable bonds is 4. The van der Waals surface area contributed by atoms with Crippen LogP contribution in [0.1, 0.15) is 10.4 Å². The Morgan fingerprint density at radius 2 is 1.95 bits per heavy atom. The van der Waals surface area contributed by atoms with Gasteiger partial charge in [0.1, 0.15) is 0 Å². The Hall–Kier alpha value is -2.16. The van der Waals surface area contributed by atoms with Crippen molar-refractivity contribution in [1.29, 1.82) is 0 Å². The van der Waals surface area contributed by atoms with Crippen LogP contribution in [0.2, 0.25) is 0 Å². The molecule has 0 aliphatic rings. The van der Waals surface area contributed by atoms with Crippen molar-refractivity contribution >= 4 is 27.4 Å². The number of benzene rings is 1. The first-order chi connectivity index (χ1) is 8.66. The summed E-state index contributed by atoms with van der Waals surface area (Å²) >= 11 is 0. The predicted octanol–water partition coefficient (Wildman–Crippen LogP) is 0.777. The topological polar surface area (TPSA) is 107 Å². The average Bonchev–Trinajstić information content (AvgIpc) is 2.35. The van der Waals surface area contributed by atoms with Gasteiger partial charge >= 0.3 is 5.97 Å². The SMILES string of the molecule is COC(=O)c1cc(N(C)S(C)(=O)=O)cc([N+](=O)[O-])c1. The van der Waals surface area contributed by atoms with Crippen molar-refractivity contribution in [2.75, 3.05) is 24.7 Å². The predicted molar refractivity (Wildman–Crippen MR) is 67.7 cm³/mol. The molecule has 0 spiro atoms. The number of ether oxygens (including phenoxy) is 1. The molecule has 9 heteroatoms. The standard InChI is InChI=1S/C10H12N2O6S/c1-11(19(3,16)17)8-4-7(10(13)18-2)5-9(6-8)12(14)15/h4-6H,1-3H3. The Balaban J connectivity index is 3.44. The molecule has 0 unspecified atom stereocenters. The molecule has 1 rings (SSSR count). The highest BCUT2D eigenvalue weighted by Gasteiger charge is 2.20. The molecular formula is C10H12N2O6S. The van der Waals surface area contributed by atoms with Crippen LogP contribution in [0.4, 0.5) is 11.4 Å². The van der Waals surface area contributed by atoms with Gasteiger partial charge in [0.2, 0.25) is 10.0 Å². The molecule has 0 aromatic heterocycles. The number of nitro groups is 1. The monoisotopic (exact) mass is 288 g/mol. The number of carbonyl (C=O) groups excluding carboxylic acids is 1. The first-order valence-corrected chi connectivity index (χ1v) is 6.83. The van der Waals surface area contributed by atoms with Gasteiger partial charge in [0.25, 0.3) is 5.69 Å². The second-order valence-corrected chi connectivity index (χ2v) is 5.73. The van der Waals surface area contributed by atoms with Crippen molar-refractivity contribution in [3.8, 4) is 0 Å². The molecule has 8 nitrogen and oxygen atoms in total. The average molecular weight is 288 g/mol. The van der Waals surface area contributed by atoms with Gasteiger partial charge in [0.15, 0.2) is 0 Å². The Morgan fingerprint density at radius 3 is 2.37 bits per heavy atom. The molecule has 0 bridgehead atoms. The lowest BCUT2D eigenvalue weighted by Gasteiger charge is -2.16. The highest BCUT2D eigenvalue weighted by molar-refractivity contribution is 7.92. The van der Waals surface area contributed by atoms with Gasteiger partial charge in [-0.25, -0.2) is 13.2 Å². The van der Waals surface area contributed by atoms with Gasteiger partial charge in [-0.2, -0.15) is 0 Å². The van der Waals surface area contributed by atoms with Gasteiger partial charge in [0, 0.05) is 19.2 Å². The maximum atomic E-state index is 11.4. The van der Waals surface area contributed by atoms with E-state index in [2.05, 4.69) is 4.74 Å². The van der Waals surface area contributed by atoms with E-state index in [0.29, 0.717) is 0 Å². The molecule has 0 N–H and O–H groups in total. The van der Waals surface area contributed by atoms with E-state index in [1.165, 1.54) is 13.1 Å². The quantitative estimate of drug-likeness (QED) is 0.460. The molecule has 0 amide bonds. The van der Waals surface area contributed by atoms with Gasteiger partial charge < -0.3 is 4.74 Å². The van der Waals surface area contributed by atoms with Crippen LogP contribution >= 0.6 is 0 Å². The number of hydrogen-bond donors (Lipinski definition) is 0. The van der Waals surface area contributed by atoms with Crippen LogP contribution in [0, 0.1) is 10.1 Å². The lowest BCUT2D eigenvalue weighted by Crippen LogP contribution is -2.25. The number of nitro benzene ring substituents is 1. The molecule has 0 aliphatic heterocycles. The number of anilines is 1. The van der Waals surface area contributed by atoms with Crippen LogP contribution in [0.15, 0.2) is 18.2 Å². The van der Waals surface area contributed by atoms with Crippen molar-refractivity contribution in [2.45, 2.75) is 0 Å². The maximum absolute atomic E-state index is 11.4. The van der Waals surface area contributed by atoms with E-state index in [-0.39, 0.29) is 11.3 Å². The number of hydrogen-bond acceptors (Lipinski definition) is 6. The lowest BCUT2D eigenvalue weighted by atomic mass is 10.2. The van der Waals surface area contributed by atoms with Crippen molar-refractivity contribution in [2.24, 2.45) is 0 Å². The highest BCUT2D eigenvalue weighted by Crippen LogP contribution is 2.25. The van der Waals surface area contributed by atoms with Crippen molar-refractivity contribution < 1.29 is 22.9 Å². The second kappa shape index (κ2) is 5.22. The molecule has 0 saturated heterocycles. The van der Waals surface area contributed by atoms with Crippen molar-refractivity contribution in [3.63, 3.8) is 0 Å². The van der Waals surface area contributed by atoms with Crippen LogP contribution in [-0.2, 0) is 14.8 Å². The third-order valence-electron chi connectivity index (χ3n) is 2.40. The molecular weight excluding hydrogens is 276 g/mol. The van der Waals surface area contributed by atoms with E-state index in [1.54, 1.807) is 0 Å². The van der Waals surface area contributed by atoms with Crippen LogP contribution in [0.25, 0.3) is 0 Å². The summed E-state index contributed by atoms with van der Waals surface area (Å²) in [5, 5.41) is 10.8. The summed E-state index contributed by atoms with van der Waals surface area (Å²) in [5.74, 6) is -0.785. The molecule has 104 valence electrons. The molecule has 1 aromatic carbocycles. The Kier molecular flexibility index (Phi) is 4.10. The first-order valence-electron chi connectivity index (χ1n) is 4.98. The van der Waals surface area contributed by atoms with Crippen LogP contribution in [-0.4, -0.2) is 39.7 Å². The Bertz CT molecular complexity index is 625. The minimum Gasteiger partial charge on any atom is -0.465 e. The molecule has 0 heterocycles. The molecule has 0 aliphatic carbocycles. The lowest BCUT2D eigenvalue weighted by molar-refractivity contribution is -0.384. The second-order valence-electron chi connectivity index (χ2n) is 3.72. The number of non-ortho nitro benzene ring substituents is 1. The fourth-order valence-corrected chi connectivity index (χ4v) is 1.80. The van der Waals surface area contributed by atoms with Gasteiger partial charge in [-0.3, -0.25) is 14.4 Å². The van der Waals surface area contributed by atoms with E-state index >= 15 is 0 Å². The minimum atomic E-state index is -3.59. The summed E-state index contributed by atoms with van der Waals surface area (Å²) in [7, 11) is -1.23. The molecule has 0 atom stereocenters. The summed E-state index contributed by atoms with van der Waals surface area (Å²) in [6.07, 6.45) is 0.948. The van der Waals surface area contributed by atoms with Gasteiger partial charge in [-0.15, -0.1) is 0 Å². The zero-order chi connectivity index (χ0) is 14.8. The van der Waals surface area contributed by atoms with Crippen molar-refractivity contribution in [3.05, 3.63) is 33.9 Å². The van der Waals surface area contributed by atoms with E-state index in [1.807, 2.05) is 0 Å². The number of esters is 1. The smallest absolute Gasteiger partial charge is 0.338 e. The molecule has 0 radical (unpaired) electrons. The van der Waals surface area contributed by atoms with Gasteiger partial charge in [-0.05, 0) is 6.07 Å². The number of sulfonamides is 1. The normalized spacial score (nSPS) is 10.9. The van der Waals surface area contributed by atoms with E-state index in [0.717, 1.165) is 29.8 Å². The van der Waals surface area contributed by atoms with Gasteiger partial charge in [0.05, 0.1) is 29.5 Å². The van der Waals surface area contributed by atoms with E-state index < -0.39 is 26.6 Å². The van der Waals surface area contributed by atoms with Crippen LogP contribution < -0.4 is 4.31 Å². The number of carbonyl (C=O) groups is 1. The Morgan fingerprint density at radius 1 is 1.37 bits per heavy atom. The summed E-state index contributed by atoms with van der Waals surface area (Å²) < 4.78 is 28.1. The molecule has 0 fully saturated rings.